The highest BCUT2D eigenvalue weighted by atomic mass is 32.2. The van der Waals surface area contributed by atoms with Crippen LogP contribution in [0.25, 0.3) is 22.2 Å². The molecular formula is C16H10FNOS. The summed E-state index contributed by atoms with van der Waals surface area (Å²) < 4.78 is 13.5. The van der Waals surface area contributed by atoms with Gasteiger partial charge in [0.2, 0.25) is 0 Å². The molecule has 0 fully saturated rings. The molecule has 2 aromatic carbocycles. The fourth-order valence-electron chi connectivity index (χ4n) is 2.62. The standard InChI is InChI=1S/C16H10FNOS/c17-9-5-6-14-11(7-9)15-12(8-20-14)16(19)10-3-1-2-4-13(10)18-15/h1-7H,8H2,(H,18,19). The van der Waals surface area contributed by atoms with Crippen LogP contribution < -0.4 is 5.43 Å². The Morgan fingerprint density at radius 1 is 1.15 bits per heavy atom. The van der Waals surface area contributed by atoms with E-state index in [1.165, 1.54) is 12.1 Å². The van der Waals surface area contributed by atoms with Crippen LogP contribution in [0.1, 0.15) is 5.56 Å². The third-order valence-electron chi connectivity index (χ3n) is 3.59. The van der Waals surface area contributed by atoms with Crippen molar-refractivity contribution in [2.24, 2.45) is 0 Å². The molecule has 0 bridgehead atoms. The second kappa shape index (κ2) is 4.21. The van der Waals surface area contributed by atoms with Crippen LogP contribution in [0.5, 0.6) is 0 Å². The summed E-state index contributed by atoms with van der Waals surface area (Å²) in [5.74, 6) is 0.333. The minimum Gasteiger partial charge on any atom is -0.354 e. The minimum atomic E-state index is -0.286. The van der Waals surface area contributed by atoms with Gasteiger partial charge >= 0.3 is 0 Å². The molecule has 0 saturated carbocycles. The molecule has 0 aliphatic carbocycles. The van der Waals surface area contributed by atoms with Gasteiger partial charge in [0.1, 0.15) is 5.82 Å². The van der Waals surface area contributed by atoms with Crippen molar-refractivity contribution >= 4 is 22.7 Å². The van der Waals surface area contributed by atoms with E-state index in [0.29, 0.717) is 11.1 Å². The van der Waals surface area contributed by atoms with Gasteiger partial charge in [-0.3, -0.25) is 4.79 Å². The zero-order valence-corrected chi connectivity index (χ0v) is 11.3. The number of aromatic nitrogens is 1. The number of aromatic amines is 1. The van der Waals surface area contributed by atoms with Gasteiger partial charge in [0.05, 0.1) is 5.69 Å². The number of para-hydroxylation sites is 1. The van der Waals surface area contributed by atoms with E-state index in [0.717, 1.165) is 27.2 Å². The Labute approximate surface area is 118 Å². The number of halogens is 1. The van der Waals surface area contributed by atoms with Gasteiger partial charge in [-0.1, -0.05) is 12.1 Å². The predicted molar refractivity (Wildman–Crippen MR) is 79.5 cm³/mol. The number of rotatable bonds is 0. The molecule has 4 heteroatoms. The number of thioether (sulfide) groups is 1. The number of nitrogens with one attached hydrogen (secondary N) is 1. The number of pyridine rings is 1. The molecule has 0 unspecified atom stereocenters. The van der Waals surface area contributed by atoms with Crippen molar-refractivity contribution in [3.8, 4) is 11.3 Å². The number of H-pyrrole nitrogens is 1. The SMILES string of the molecule is O=c1c2c([nH]c3ccccc13)-c1cc(F)ccc1SC2. The first kappa shape index (κ1) is 11.7. The smallest absolute Gasteiger partial charge is 0.194 e. The van der Waals surface area contributed by atoms with Gasteiger partial charge in [-0.2, -0.15) is 0 Å². The maximum absolute atomic E-state index is 13.5. The average molecular weight is 283 g/mol. The summed E-state index contributed by atoms with van der Waals surface area (Å²) in [4.78, 5) is 16.8. The second-order valence-electron chi connectivity index (χ2n) is 4.78. The molecule has 4 rings (SSSR count). The van der Waals surface area contributed by atoms with E-state index >= 15 is 0 Å². The van der Waals surface area contributed by atoms with Crippen LogP contribution in [0.4, 0.5) is 4.39 Å². The first-order valence-electron chi connectivity index (χ1n) is 6.30. The first-order valence-corrected chi connectivity index (χ1v) is 7.29. The van der Waals surface area contributed by atoms with Crippen LogP contribution in [0.15, 0.2) is 52.2 Å². The lowest BCUT2D eigenvalue weighted by atomic mass is 10.0. The number of hydrogen-bond acceptors (Lipinski definition) is 2. The quantitative estimate of drug-likeness (QED) is 0.678. The lowest BCUT2D eigenvalue weighted by molar-refractivity contribution is 0.627. The molecule has 2 nitrogen and oxygen atoms in total. The van der Waals surface area contributed by atoms with Crippen molar-refractivity contribution in [1.82, 2.24) is 4.98 Å². The molecule has 1 aliphatic heterocycles. The summed E-state index contributed by atoms with van der Waals surface area (Å²) in [6.07, 6.45) is 0. The highest BCUT2D eigenvalue weighted by Crippen LogP contribution is 2.40. The first-order chi connectivity index (χ1) is 9.74. The molecule has 0 spiro atoms. The van der Waals surface area contributed by atoms with Crippen molar-refractivity contribution in [2.75, 3.05) is 0 Å². The number of benzene rings is 2. The van der Waals surface area contributed by atoms with E-state index in [1.54, 1.807) is 17.8 Å². The molecule has 0 radical (unpaired) electrons. The van der Waals surface area contributed by atoms with E-state index in [9.17, 15) is 9.18 Å². The van der Waals surface area contributed by atoms with E-state index < -0.39 is 0 Å². The highest BCUT2D eigenvalue weighted by molar-refractivity contribution is 7.98. The third-order valence-corrected chi connectivity index (χ3v) is 4.69. The van der Waals surface area contributed by atoms with Gasteiger partial charge in [-0.15, -0.1) is 11.8 Å². The Balaban J connectivity index is 2.13. The van der Waals surface area contributed by atoms with Crippen LogP contribution in [0, 0.1) is 5.82 Å². The maximum atomic E-state index is 13.5. The van der Waals surface area contributed by atoms with Crippen molar-refractivity contribution in [1.29, 1.82) is 0 Å². The Kier molecular flexibility index (Phi) is 2.47. The van der Waals surface area contributed by atoms with Crippen molar-refractivity contribution in [3.63, 3.8) is 0 Å². The van der Waals surface area contributed by atoms with Crippen molar-refractivity contribution in [2.45, 2.75) is 10.6 Å². The van der Waals surface area contributed by atoms with Crippen LogP contribution in [-0.4, -0.2) is 4.98 Å². The third kappa shape index (κ3) is 1.61. The number of fused-ring (bicyclic) bond motifs is 4. The largest absolute Gasteiger partial charge is 0.354 e. The molecule has 0 amide bonds. The maximum Gasteiger partial charge on any atom is 0.194 e. The van der Waals surface area contributed by atoms with E-state index in [2.05, 4.69) is 4.98 Å². The van der Waals surface area contributed by atoms with Gasteiger partial charge in [-0.25, -0.2) is 4.39 Å². The molecule has 98 valence electrons. The van der Waals surface area contributed by atoms with Crippen molar-refractivity contribution < 1.29 is 4.39 Å². The summed E-state index contributed by atoms with van der Waals surface area (Å²) in [5, 5.41) is 0.687. The molecule has 0 atom stereocenters. The predicted octanol–water partition coefficient (Wildman–Crippen LogP) is 3.94. The normalized spacial score (nSPS) is 13.1. The van der Waals surface area contributed by atoms with Crippen molar-refractivity contribution in [3.05, 3.63) is 64.1 Å². The highest BCUT2D eigenvalue weighted by Gasteiger charge is 2.21. The Morgan fingerprint density at radius 3 is 2.90 bits per heavy atom. The summed E-state index contributed by atoms with van der Waals surface area (Å²) in [7, 11) is 0. The fourth-order valence-corrected chi connectivity index (χ4v) is 3.67. The van der Waals surface area contributed by atoms with E-state index in [4.69, 9.17) is 0 Å². The van der Waals surface area contributed by atoms with Gasteiger partial charge in [0, 0.05) is 32.7 Å². The fraction of sp³-hybridized carbons (Fsp3) is 0.0625. The minimum absolute atomic E-state index is 0.0387. The van der Waals surface area contributed by atoms with Crippen LogP contribution >= 0.6 is 11.8 Å². The van der Waals surface area contributed by atoms with Crippen LogP contribution in [0.2, 0.25) is 0 Å². The molecular weight excluding hydrogens is 273 g/mol. The van der Waals surface area contributed by atoms with Gasteiger partial charge in [-0.05, 0) is 30.3 Å². The van der Waals surface area contributed by atoms with E-state index in [1.807, 2.05) is 24.3 Å². The molecule has 0 saturated heterocycles. The lowest BCUT2D eigenvalue weighted by Gasteiger charge is -2.19. The molecule has 20 heavy (non-hydrogen) atoms. The molecule has 3 aromatic rings. The molecule has 1 aliphatic rings. The molecule has 2 heterocycles. The lowest BCUT2D eigenvalue weighted by Crippen LogP contribution is -2.14. The van der Waals surface area contributed by atoms with Gasteiger partial charge < -0.3 is 4.98 Å². The molecule has 1 aromatic heterocycles. The average Bonchev–Trinajstić information content (AvgIpc) is 2.47. The molecule has 1 N–H and O–H groups in total. The zero-order chi connectivity index (χ0) is 13.7. The van der Waals surface area contributed by atoms with Gasteiger partial charge in [0.15, 0.2) is 5.43 Å². The Hall–Kier alpha value is -2.07. The zero-order valence-electron chi connectivity index (χ0n) is 10.4. The Morgan fingerprint density at radius 2 is 2.00 bits per heavy atom. The number of hydrogen-bond donors (Lipinski definition) is 1. The summed E-state index contributed by atoms with van der Waals surface area (Å²) in [6, 6.07) is 12.1. The van der Waals surface area contributed by atoms with Crippen LogP contribution in [0.3, 0.4) is 0 Å². The summed E-state index contributed by atoms with van der Waals surface area (Å²) >= 11 is 1.58. The Bertz CT molecular complexity index is 901. The summed E-state index contributed by atoms with van der Waals surface area (Å²) in [5.41, 5.74) is 3.09. The topological polar surface area (TPSA) is 32.9 Å². The monoisotopic (exact) mass is 283 g/mol. The van der Waals surface area contributed by atoms with Gasteiger partial charge in [0.25, 0.3) is 0 Å². The van der Waals surface area contributed by atoms with Crippen LogP contribution in [-0.2, 0) is 5.75 Å². The van der Waals surface area contributed by atoms with E-state index in [-0.39, 0.29) is 11.2 Å². The second-order valence-corrected chi connectivity index (χ2v) is 5.80. The summed E-state index contributed by atoms with van der Waals surface area (Å²) in [6.45, 7) is 0.